The van der Waals surface area contributed by atoms with Crippen molar-refractivity contribution in [1.29, 1.82) is 0 Å². The molecular weight excluding hydrogens is 252 g/mol. The molecule has 0 aliphatic rings. The Morgan fingerprint density at radius 1 is 1.31 bits per heavy atom. The van der Waals surface area contributed by atoms with Gasteiger partial charge in [0.05, 0.1) is 5.54 Å². The summed E-state index contributed by atoms with van der Waals surface area (Å²) in [6.45, 7) is 1.74. The van der Waals surface area contributed by atoms with Gasteiger partial charge in [-0.05, 0) is 31.2 Å². The minimum atomic E-state index is -0.658. The van der Waals surface area contributed by atoms with Gasteiger partial charge in [-0.25, -0.2) is 4.39 Å². The lowest BCUT2D eigenvalue weighted by Gasteiger charge is -2.25. The van der Waals surface area contributed by atoms with E-state index < -0.39 is 5.54 Å². The quantitative estimate of drug-likeness (QED) is 0.832. The molecule has 5 heteroatoms. The van der Waals surface area contributed by atoms with Crippen molar-refractivity contribution < 1.29 is 9.18 Å². The fourth-order valence-corrected chi connectivity index (χ4v) is 1.47. The normalized spacial score (nSPS) is 11.2. The second kappa shape index (κ2) is 5.51. The molecule has 0 radical (unpaired) electrons. The van der Waals surface area contributed by atoms with Gasteiger partial charge in [-0.15, -0.1) is 23.2 Å². The van der Waals surface area contributed by atoms with Gasteiger partial charge in [-0.3, -0.25) is 4.79 Å². The highest BCUT2D eigenvalue weighted by Gasteiger charge is 2.24. The molecule has 0 fully saturated rings. The predicted molar refractivity (Wildman–Crippen MR) is 63.7 cm³/mol. The van der Waals surface area contributed by atoms with Crippen LogP contribution < -0.4 is 5.32 Å². The Kier molecular flexibility index (Phi) is 4.56. The highest BCUT2D eigenvalue weighted by atomic mass is 35.5. The van der Waals surface area contributed by atoms with Crippen molar-refractivity contribution >= 4 is 29.1 Å². The smallest absolute Gasteiger partial charge is 0.251 e. The molecule has 0 aliphatic heterocycles. The molecule has 88 valence electrons. The van der Waals surface area contributed by atoms with Crippen LogP contribution in [0, 0.1) is 5.82 Å². The molecular formula is C11H12Cl2FNO. The van der Waals surface area contributed by atoms with Gasteiger partial charge in [0.15, 0.2) is 0 Å². The first-order chi connectivity index (χ1) is 7.50. The number of amides is 1. The average Bonchev–Trinajstić information content (AvgIpc) is 2.29. The summed E-state index contributed by atoms with van der Waals surface area (Å²) in [6, 6.07) is 5.28. The van der Waals surface area contributed by atoms with Crippen LogP contribution in [0.25, 0.3) is 0 Å². The van der Waals surface area contributed by atoms with Gasteiger partial charge in [0.1, 0.15) is 5.82 Å². The summed E-state index contributed by atoms with van der Waals surface area (Å²) in [5, 5.41) is 2.70. The molecule has 0 heterocycles. The zero-order valence-electron chi connectivity index (χ0n) is 8.77. The van der Waals surface area contributed by atoms with E-state index in [2.05, 4.69) is 5.32 Å². The highest BCUT2D eigenvalue weighted by Crippen LogP contribution is 2.11. The standard InChI is InChI=1S/C11H12Cl2FNO/c1-11(6-12,7-13)15-10(16)8-2-4-9(14)5-3-8/h2-5H,6-7H2,1H3,(H,15,16). The van der Waals surface area contributed by atoms with Crippen LogP contribution in [0.3, 0.4) is 0 Å². The molecule has 0 saturated heterocycles. The SMILES string of the molecule is CC(CCl)(CCl)NC(=O)c1ccc(F)cc1. The summed E-state index contributed by atoms with van der Waals surface area (Å²) in [4.78, 5) is 11.7. The van der Waals surface area contributed by atoms with E-state index in [4.69, 9.17) is 23.2 Å². The maximum Gasteiger partial charge on any atom is 0.251 e. The van der Waals surface area contributed by atoms with Crippen molar-refractivity contribution in [3.63, 3.8) is 0 Å². The van der Waals surface area contributed by atoms with Crippen molar-refractivity contribution in [2.24, 2.45) is 0 Å². The van der Waals surface area contributed by atoms with Crippen LogP contribution in [0.2, 0.25) is 0 Å². The van der Waals surface area contributed by atoms with Gasteiger partial charge in [0.2, 0.25) is 0 Å². The molecule has 0 spiro atoms. The van der Waals surface area contributed by atoms with Gasteiger partial charge < -0.3 is 5.32 Å². The molecule has 1 amide bonds. The molecule has 1 rings (SSSR count). The Balaban J connectivity index is 2.76. The largest absolute Gasteiger partial charge is 0.344 e. The molecule has 0 aromatic heterocycles. The lowest BCUT2D eigenvalue weighted by molar-refractivity contribution is 0.0921. The zero-order valence-corrected chi connectivity index (χ0v) is 10.3. The van der Waals surface area contributed by atoms with Gasteiger partial charge >= 0.3 is 0 Å². The maximum atomic E-state index is 12.6. The predicted octanol–water partition coefficient (Wildman–Crippen LogP) is 2.79. The third-order valence-corrected chi connectivity index (χ3v) is 3.29. The zero-order chi connectivity index (χ0) is 12.2. The third kappa shape index (κ3) is 3.35. The molecule has 16 heavy (non-hydrogen) atoms. The topological polar surface area (TPSA) is 29.1 Å². The van der Waals surface area contributed by atoms with Gasteiger partial charge in [0, 0.05) is 17.3 Å². The van der Waals surface area contributed by atoms with Gasteiger partial charge in [0.25, 0.3) is 5.91 Å². The lowest BCUT2D eigenvalue weighted by Crippen LogP contribution is -2.49. The van der Waals surface area contributed by atoms with Crippen LogP contribution in [0.4, 0.5) is 4.39 Å². The van der Waals surface area contributed by atoms with Gasteiger partial charge in [-0.1, -0.05) is 0 Å². The van der Waals surface area contributed by atoms with E-state index in [1.807, 2.05) is 0 Å². The molecule has 0 saturated carbocycles. The highest BCUT2D eigenvalue weighted by molar-refractivity contribution is 6.22. The van der Waals surface area contributed by atoms with Crippen LogP contribution in [0.15, 0.2) is 24.3 Å². The summed E-state index contributed by atoms with van der Waals surface area (Å²) in [7, 11) is 0. The van der Waals surface area contributed by atoms with Crippen LogP contribution in [0.5, 0.6) is 0 Å². The summed E-state index contributed by atoms with van der Waals surface area (Å²) in [6.07, 6.45) is 0. The molecule has 1 aromatic carbocycles. The second-order valence-corrected chi connectivity index (χ2v) is 4.32. The first kappa shape index (κ1) is 13.3. The van der Waals surface area contributed by atoms with E-state index in [-0.39, 0.29) is 23.5 Å². The van der Waals surface area contributed by atoms with Crippen molar-refractivity contribution in [2.45, 2.75) is 12.5 Å². The number of carbonyl (C=O) groups is 1. The van der Waals surface area contributed by atoms with E-state index in [1.165, 1.54) is 24.3 Å². The summed E-state index contributed by atoms with van der Waals surface area (Å²) in [5.74, 6) is -0.273. The first-order valence-corrected chi connectivity index (χ1v) is 5.78. The summed E-state index contributed by atoms with van der Waals surface area (Å²) < 4.78 is 12.6. The van der Waals surface area contributed by atoms with Crippen molar-refractivity contribution in [1.82, 2.24) is 5.32 Å². The molecule has 1 N–H and O–H groups in total. The van der Waals surface area contributed by atoms with Crippen molar-refractivity contribution in [2.75, 3.05) is 11.8 Å². The Bertz CT molecular complexity index is 363. The number of nitrogens with one attached hydrogen (secondary N) is 1. The van der Waals surface area contributed by atoms with E-state index in [0.717, 1.165) is 0 Å². The fourth-order valence-electron chi connectivity index (χ4n) is 1.05. The maximum absolute atomic E-state index is 12.6. The van der Waals surface area contributed by atoms with E-state index >= 15 is 0 Å². The average molecular weight is 264 g/mol. The van der Waals surface area contributed by atoms with Crippen LogP contribution in [-0.4, -0.2) is 23.2 Å². The number of rotatable bonds is 4. The number of halogens is 3. The van der Waals surface area contributed by atoms with Crippen LogP contribution in [0.1, 0.15) is 17.3 Å². The molecule has 0 atom stereocenters. The summed E-state index contributed by atoms with van der Waals surface area (Å²) >= 11 is 11.4. The Hall–Kier alpha value is -0.800. The Morgan fingerprint density at radius 3 is 2.25 bits per heavy atom. The summed E-state index contributed by atoms with van der Waals surface area (Å²) in [5.41, 5.74) is -0.281. The third-order valence-electron chi connectivity index (χ3n) is 2.11. The Labute approximate surface area is 104 Å². The molecule has 1 aromatic rings. The molecule has 2 nitrogen and oxygen atoms in total. The minimum absolute atomic E-state index is 0.212. The number of carbonyl (C=O) groups excluding carboxylic acids is 1. The monoisotopic (exact) mass is 263 g/mol. The minimum Gasteiger partial charge on any atom is -0.344 e. The van der Waals surface area contributed by atoms with E-state index in [9.17, 15) is 9.18 Å². The molecule has 0 bridgehead atoms. The number of hydrogen-bond acceptors (Lipinski definition) is 1. The van der Waals surface area contributed by atoms with Crippen molar-refractivity contribution in [3.05, 3.63) is 35.6 Å². The van der Waals surface area contributed by atoms with E-state index in [0.29, 0.717) is 5.56 Å². The number of alkyl halides is 2. The molecule has 0 aliphatic carbocycles. The number of hydrogen-bond donors (Lipinski definition) is 1. The van der Waals surface area contributed by atoms with Crippen molar-refractivity contribution in [3.8, 4) is 0 Å². The van der Waals surface area contributed by atoms with Gasteiger partial charge in [-0.2, -0.15) is 0 Å². The fraction of sp³-hybridized carbons (Fsp3) is 0.364. The van der Waals surface area contributed by atoms with Crippen LogP contribution in [-0.2, 0) is 0 Å². The van der Waals surface area contributed by atoms with Crippen LogP contribution >= 0.6 is 23.2 Å². The number of benzene rings is 1. The Morgan fingerprint density at radius 2 is 1.81 bits per heavy atom. The van der Waals surface area contributed by atoms with E-state index in [1.54, 1.807) is 6.92 Å². The molecule has 0 unspecified atom stereocenters. The lowest BCUT2D eigenvalue weighted by atomic mass is 10.1. The second-order valence-electron chi connectivity index (χ2n) is 3.79. The first-order valence-electron chi connectivity index (χ1n) is 4.71.